The molecule has 0 heterocycles. The van der Waals surface area contributed by atoms with Gasteiger partial charge in [0.1, 0.15) is 0 Å². The van der Waals surface area contributed by atoms with Gasteiger partial charge in [0.2, 0.25) is 11.8 Å². The standard InChI is InChI=1S/C15H26N2O4/c1-4-6-17(9-13(18)16-3)14(19)11-7-10(5-2)8-12(11)15(20)21/h10-12H,4-9H2,1-3H3,(H,16,18)(H,20,21). The SMILES string of the molecule is CCCN(CC(=O)NC)C(=O)C1CC(CC)CC1C(=O)O. The molecule has 0 aliphatic heterocycles. The van der Waals surface area contributed by atoms with Crippen LogP contribution in [0.5, 0.6) is 0 Å². The van der Waals surface area contributed by atoms with Crippen molar-refractivity contribution in [3.63, 3.8) is 0 Å². The first-order valence-corrected chi connectivity index (χ1v) is 7.66. The molecule has 3 atom stereocenters. The average Bonchev–Trinajstić information content (AvgIpc) is 2.90. The van der Waals surface area contributed by atoms with Crippen molar-refractivity contribution in [3.8, 4) is 0 Å². The first kappa shape index (κ1) is 17.5. The van der Waals surface area contributed by atoms with Crippen LogP contribution in [0.4, 0.5) is 0 Å². The molecule has 120 valence electrons. The number of likely N-dealkylation sites (N-methyl/N-ethyl adjacent to an activating group) is 1. The third-order valence-corrected chi connectivity index (χ3v) is 4.29. The molecule has 2 amide bonds. The van der Waals surface area contributed by atoms with Crippen LogP contribution in [0.1, 0.15) is 39.5 Å². The van der Waals surface area contributed by atoms with E-state index in [1.807, 2.05) is 13.8 Å². The number of carbonyl (C=O) groups is 3. The van der Waals surface area contributed by atoms with Crippen LogP contribution in [0.2, 0.25) is 0 Å². The average molecular weight is 298 g/mol. The van der Waals surface area contributed by atoms with Gasteiger partial charge in [-0.3, -0.25) is 14.4 Å². The van der Waals surface area contributed by atoms with Gasteiger partial charge in [-0.2, -0.15) is 0 Å². The summed E-state index contributed by atoms with van der Waals surface area (Å²) in [5, 5.41) is 11.8. The first-order chi connectivity index (χ1) is 9.94. The maximum atomic E-state index is 12.6. The molecule has 0 aromatic rings. The summed E-state index contributed by atoms with van der Waals surface area (Å²) in [6.07, 6.45) is 2.80. The molecule has 0 aromatic carbocycles. The summed E-state index contributed by atoms with van der Waals surface area (Å²) in [7, 11) is 1.53. The van der Waals surface area contributed by atoms with E-state index < -0.39 is 17.8 Å². The number of nitrogens with one attached hydrogen (secondary N) is 1. The lowest BCUT2D eigenvalue weighted by Crippen LogP contribution is -2.44. The van der Waals surface area contributed by atoms with Crippen molar-refractivity contribution in [2.24, 2.45) is 17.8 Å². The van der Waals surface area contributed by atoms with Crippen molar-refractivity contribution in [2.45, 2.75) is 39.5 Å². The Kier molecular flexibility index (Phi) is 6.65. The van der Waals surface area contributed by atoms with Crippen molar-refractivity contribution in [1.29, 1.82) is 0 Å². The van der Waals surface area contributed by atoms with E-state index in [1.54, 1.807) is 0 Å². The monoisotopic (exact) mass is 298 g/mol. The molecule has 1 aliphatic rings. The molecule has 6 nitrogen and oxygen atoms in total. The first-order valence-electron chi connectivity index (χ1n) is 7.66. The maximum Gasteiger partial charge on any atom is 0.307 e. The fourth-order valence-electron chi connectivity index (χ4n) is 3.05. The van der Waals surface area contributed by atoms with Gasteiger partial charge in [0.25, 0.3) is 0 Å². The largest absolute Gasteiger partial charge is 0.481 e. The van der Waals surface area contributed by atoms with Crippen molar-refractivity contribution < 1.29 is 19.5 Å². The van der Waals surface area contributed by atoms with Crippen LogP contribution in [0.25, 0.3) is 0 Å². The number of hydrogen-bond donors (Lipinski definition) is 2. The molecular weight excluding hydrogens is 272 g/mol. The van der Waals surface area contributed by atoms with Crippen LogP contribution in [-0.4, -0.2) is 47.9 Å². The maximum absolute atomic E-state index is 12.6. The molecule has 0 aromatic heterocycles. The second kappa shape index (κ2) is 8.00. The van der Waals surface area contributed by atoms with E-state index in [9.17, 15) is 19.5 Å². The number of carbonyl (C=O) groups excluding carboxylic acids is 2. The predicted octanol–water partition coefficient (Wildman–Crippen LogP) is 1.11. The Morgan fingerprint density at radius 3 is 2.29 bits per heavy atom. The van der Waals surface area contributed by atoms with Crippen LogP contribution in [-0.2, 0) is 14.4 Å². The van der Waals surface area contributed by atoms with E-state index in [4.69, 9.17) is 0 Å². The second-order valence-electron chi connectivity index (χ2n) is 5.73. The van der Waals surface area contributed by atoms with Crippen molar-refractivity contribution in [1.82, 2.24) is 10.2 Å². The zero-order chi connectivity index (χ0) is 16.0. The highest BCUT2D eigenvalue weighted by molar-refractivity contribution is 5.89. The van der Waals surface area contributed by atoms with E-state index in [-0.39, 0.29) is 24.3 Å². The van der Waals surface area contributed by atoms with Crippen molar-refractivity contribution >= 4 is 17.8 Å². The number of hydrogen-bond acceptors (Lipinski definition) is 3. The molecule has 21 heavy (non-hydrogen) atoms. The van der Waals surface area contributed by atoms with Crippen LogP contribution in [0.3, 0.4) is 0 Å². The Bertz CT molecular complexity index is 397. The third kappa shape index (κ3) is 4.44. The normalized spacial score (nSPS) is 24.6. The van der Waals surface area contributed by atoms with Gasteiger partial charge in [-0.05, 0) is 25.2 Å². The number of amides is 2. The van der Waals surface area contributed by atoms with Gasteiger partial charge < -0.3 is 15.3 Å². The smallest absolute Gasteiger partial charge is 0.307 e. The molecule has 1 fully saturated rings. The highest BCUT2D eigenvalue weighted by Gasteiger charge is 2.43. The van der Waals surface area contributed by atoms with E-state index in [2.05, 4.69) is 5.32 Å². The number of carboxylic acid groups (broad SMARTS) is 1. The molecule has 1 rings (SSSR count). The van der Waals surface area contributed by atoms with Gasteiger partial charge in [-0.1, -0.05) is 20.3 Å². The Morgan fingerprint density at radius 2 is 1.81 bits per heavy atom. The lowest BCUT2D eigenvalue weighted by Gasteiger charge is -2.26. The van der Waals surface area contributed by atoms with Crippen LogP contribution in [0, 0.1) is 17.8 Å². The number of rotatable bonds is 7. The molecule has 0 saturated heterocycles. The molecule has 2 N–H and O–H groups in total. The van der Waals surface area contributed by atoms with Crippen molar-refractivity contribution in [3.05, 3.63) is 0 Å². The summed E-state index contributed by atoms with van der Waals surface area (Å²) in [4.78, 5) is 37.1. The van der Waals surface area contributed by atoms with Gasteiger partial charge in [0.15, 0.2) is 0 Å². The van der Waals surface area contributed by atoms with Crippen LogP contribution < -0.4 is 5.32 Å². The second-order valence-corrected chi connectivity index (χ2v) is 5.73. The van der Waals surface area contributed by atoms with Gasteiger partial charge in [0.05, 0.1) is 18.4 Å². The summed E-state index contributed by atoms with van der Waals surface area (Å²) < 4.78 is 0. The number of aliphatic carboxylic acids is 1. The Labute approximate surface area is 125 Å². The van der Waals surface area contributed by atoms with Crippen LogP contribution in [0.15, 0.2) is 0 Å². The molecular formula is C15H26N2O4. The van der Waals surface area contributed by atoms with Crippen LogP contribution >= 0.6 is 0 Å². The zero-order valence-corrected chi connectivity index (χ0v) is 13.1. The molecule has 0 radical (unpaired) electrons. The molecule has 6 heteroatoms. The van der Waals surface area contributed by atoms with Gasteiger partial charge in [-0.25, -0.2) is 0 Å². The summed E-state index contributed by atoms with van der Waals surface area (Å²) in [6, 6.07) is 0. The molecule has 0 bridgehead atoms. The Balaban J connectivity index is 2.85. The van der Waals surface area contributed by atoms with Gasteiger partial charge in [0, 0.05) is 13.6 Å². The molecule has 1 aliphatic carbocycles. The minimum atomic E-state index is -0.902. The minimum absolute atomic E-state index is 0.00278. The number of carboxylic acids is 1. The fraction of sp³-hybridized carbons (Fsp3) is 0.800. The highest BCUT2D eigenvalue weighted by atomic mass is 16.4. The summed E-state index contributed by atoms with van der Waals surface area (Å²) in [6.45, 7) is 4.43. The topological polar surface area (TPSA) is 86.7 Å². The lowest BCUT2D eigenvalue weighted by atomic mass is 9.94. The highest BCUT2D eigenvalue weighted by Crippen LogP contribution is 2.39. The Morgan fingerprint density at radius 1 is 1.19 bits per heavy atom. The van der Waals surface area contributed by atoms with E-state index in [0.717, 1.165) is 12.8 Å². The Hall–Kier alpha value is -1.59. The third-order valence-electron chi connectivity index (χ3n) is 4.29. The van der Waals surface area contributed by atoms with Gasteiger partial charge in [-0.15, -0.1) is 0 Å². The molecule has 3 unspecified atom stereocenters. The predicted molar refractivity (Wildman–Crippen MR) is 78.6 cm³/mol. The quantitative estimate of drug-likeness (QED) is 0.737. The zero-order valence-electron chi connectivity index (χ0n) is 13.1. The summed E-state index contributed by atoms with van der Waals surface area (Å²) >= 11 is 0. The summed E-state index contributed by atoms with van der Waals surface area (Å²) in [5.74, 6) is -2.16. The van der Waals surface area contributed by atoms with Crippen molar-refractivity contribution in [2.75, 3.05) is 20.1 Å². The lowest BCUT2D eigenvalue weighted by molar-refractivity contribution is -0.149. The minimum Gasteiger partial charge on any atom is -0.481 e. The molecule has 0 spiro atoms. The van der Waals surface area contributed by atoms with E-state index >= 15 is 0 Å². The fourth-order valence-corrected chi connectivity index (χ4v) is 3.05. The molecule has 1 saturated carbocycles. The van der Waals surface area contributed by atoms with Gasteiger partial charge >= 0.3 is 5.97 Å². The number of nitrogens with zero attached hydrogens (tertiary/aromatic N) is 1. The van der Waals surface area contributed by atoms with E-state index in [0.29, 0.717) is 19.4 Å². The summed E-state index contributed by atoms with van der Waals surface area (Å²) in [5.41, 5.74) is 0. The van der Waals surface area contributed by atoms with E-state index in [1.165, 1.54) is 11.9 Å².